The van der Waals surface area contributed by atoms with Crippen LogP contribution in [0.2, 0.25) is 0 Å². The first-order valence-corrected chi connectivity index (χ1v) is 8.84. The number of benzene rings is 1. The van der Waals surface area contributed by atoms with E-state index in [0.717, 1.165) is 44.1 Å². The lowest BCUT2D eigenvalue weighted by Crippen LogP contribution is -2.43. The Morgan fingerprint density at radius 2 is 1.95 bits per heavy atom. The molecule has 22 heavy (non-hydrogen) atoms. The Hall–Kier alpha value is -0.710. The van der Waals surface area contributed by atoms with E-state index in [2.05, 4.69) is 34.5 Å². The minimum absolute atomic E-state index is 0. The molecule has 5 heteroatoms. The molecule has 1 atom stereocenters. The van der Waals surface area contributed by atoms with Gasteiger partial charge in [0.1, 0.15) is 0 Å². The fraction of sp³-hybridized carbons (Fsp3) is 0.588. The number of likely N-dealkylation sites (tertiary alicyclic amines) is 1. The third-order valence-corrected chi connectivity index (χ3v) is 5.31. The highest BCUT2D eigenvalue weighted by Crippen LogP contribution is 2.22. The monoisotopic (exact) mass is 342 g/mol. The summed E-state index contributed by atoms with van der Waals surface area (Å²) in [5, 5.41) is 3.28. The number of amides is 1. The van der Waals surface area contributed by atoms with Gasteiger partial charge in [-0.3, -0.25) is 4.79 Å². The fourth-order valence-electron chi connectivity index (χ4n) is 2.77. The second kappa shape index (κ2) is 10.1. The Bertz CT molecular complexity index is 436. The van der Waals surface area contributed by atoms with Crippen LogP contribution in [0.4, 0.5) is 0 Å². The van der Waals surface area contributed by atoms with Gasteiger partial charge >= 0.3 is 0 Å². The number of hydrogen-bond acceptors (Lipinski definition) is 3. The maximum absolute atomic E-state index is 12.5. The van der Waals surface area contributed by atoms with Gasteiger partial charge in [-0.05, 0) is 44.8 Å². The van der Waals surface area contributed by atoms with E-state index in [1.54, 1.807) is 11.8 Å². The standard InChI is InChI=1S/C17H26N2OS.ClH/c1-14(21-13-16-6-4-3-5-7-16)17(20)19-10-8-15(9-11-19)12-18-2;/h3-7,14-15,18H,8-13H2,1-2H3;1H. The van der Waals surface area contributed by atoms with Gasteiger partial charge in [0.25, 0.3) is 0 Å². The van der Waals surface area contributed by atoms with Crippen molar-refractivity contribution in [1.29, 1.82) is 0 Å². The van der Waals surface area contributed by atoms with Gasteiger partial charge in [0.05, 0.1) is 5.25 Å². The molecule has 1 N–H and O–H groups in total. The van der Waals surface area contributed by atoms with Crippen LogP contribution in [-0.4, -0.2) is 42.7 Å². The summed E-state index contributed by atoms with van der Waals surface area (Å²) in [6.07, 6.45) is 2.26. The van der Waals surface area contributed by atoms with Gasteiger partial charge in [-0.15, -0.1) is 24.2 Å². The molecule has 2 rings (SSSR count). The molecule has 0 saturated carbocycles. The zero-order valence-electron chi connectivity index (χ0n) is 13.5. The molecule has 1 saturated heterocycles. The number of carbonyl (C=O) groups excluding carboxylic acids is 1. The highest BCUT2D eigenvalue weighted by Gasteiger charge is 2.25. The minimum atomic E-state index is 0. The molecule has 1 fully saturated rings. The van der Waals surface area contributed by atoms with Crippen molar-refractivity contribution in [2.24, 2.45) is 5.92 Å². The van der Waals surface area contributed by atoms with Crippen molar-refractivity contribution >= 4 is 30.1 Å². The van der Waals surface area contributed by atoms with Crippen LogP contribution in [-0.2, 0) is 10.5 Å². The number of carbonyl (C=O) groups is 1. The van der Waals surface area contributed by atoms with E-state index in [-0.39, 0.29) is 17.7 Å². The molecule has 1 heterocycles. The van der Waals surface area contributed by atoms with Crippen molar-refractivity contribution in [3.05, 3.63) is 35.9 Å². The van der Waals surface area contributed by atoms with Crippen LogP contribution in [0.5, 0.6) is 0 Å². The van der Waals surface area contributed by atoms with Crippen molar-refractivity contribution in [2.45, 2.75) is 30.8 Å². The lowest BCUT2D eigenvalue weighted by atomic mass is 9.97. The van der Waals surface area contributed by atoms with Crippen molar-refractivity contribution in [2.75, 3.05) is 26.7 Å². The van der Waals surface area contributed by atoms with E-state index in [1.165, 1.54) is 5.56 Å². The Labute approximate surface area is 144 Å². The summed E-state index contributed by atoms with van der Waals surface area (Å²) in [6.45, 7) is 4.94. The lowest BCUT2D eigenvalue weighted by molar-refractivity contribution is -0.131. The lowest BCUT2D eigenvalue weighted by Gasteiger charge is -2.33. The van der Waals surface area contributed by atoms with Crippen LogP contribution in [0.1, 0.15) is 25.3 Å². The summed E-state index contributed by atoms with van der Waals surface area (Å²) in [4.78, 5) is 14.5. The van der Waals surface area contributed by atoms with Crippen molar-refractivity contribution < 1.29 is 4.79 Å². The Morgan fingerprint density at radius 3 is 2.55 bits per heavy atom. The smallest absolute Gasteiger partial charge is 0.235 e. The Kier molecular flexibility index (Phi) is 8.91. The number of nitrogens with zero attached hydrogens (tertiary/aromatic N) is 1. The maximum Gasteiger partial charge on any atom is 0.235 e. The summed E-state index contributed by atoms with van der Waals surface area (Å²) >= 11 is 1.74. The predicted octanol–water partition coefficient (Wildman–Crippen LogP) is 3.19. The number of piperidine rings is 1. The number of halogens is 1. The van der Waals surface area contributed by atoms with Crippen LogP contribution in [0.3, 0.4) is 0 Å². The number of nitrogens with one attached hydrogen (secondary N) is 1. The van der Waals surface area contributed by atoms with Gasteiger partial charge in [-0.25, -0.2) is 0 Å². The van der Waals surface area contributed by atoms with Crippen LogP contribution in [0, 0.1) is 5.92 Å². The van der Waals surface area contributed by atoms with E-state index in [0.29, 0.717) is 5.91 Å². The van der Waals surface area contributed by atoms with Crippen molar-refractivity contribution in [3.63, 3.8) is 0 Å². The van der Waals surface area contributed by atoms with Gasteiger partial charge in [0.2, 0.25) is 5.91 Å². The summed E-state index contributed by atoms with van der Waals surface area (Å²) < 4.78 is 0. The summed E-state index contributed by atoms with van der Waals surface area (Å²) in [5.74, 6) is 1.94. The topological polar surface area (TPSA) is 32.3 Å². The van der Waals surface area contributed by atoms with Gasteiger partial charge in [-0.1, -0.05) is 30.3 Å². The molecule has 124 valence electrons. The van der Waals surface area contributed by atoms with Crippen LogP contribution >= 0.6 is 24.2 Å². The molecular formula is C17H27ClN2OS. The van der Waals surface area contributed by atoms with Crippen molar-refractivity contribution in [1.82, 2.24) is 10.2 Å². The maximum atomic E-state index is 12.5. The van der Waals surface area contributed by atoms with E-state index in [1.807, 2.05) is 20.0 Å². The average molecular weight is 343 g/mol. The molecule has 0 aromatic heterocycles. The van der Waals surface area contributed by atoms with Gasteiger partial charge in [-0.2, -0.15) is 0 Å². The summed E-state index contributed by atoms with van der Waals surface area (Å²) in [7, 11) is 2.00. The number of thioether (sulfide) groups is 1. The van der Waals surface area contributed by atoms with E-state index in [4.69, 9.17) is 0 Å². The molecule has 0 aliphatic carbocycles. The molecule has 1 aliphatic heterocycles. The molecule has 1 aliphatic rings. The van der Waals surface area contributed by atoms with Gasteiger partial charge < -0.3 is 10.2 Å². The zero-order valence-corrected chi connectivity index (χ0v) is 15.1. The van der Waals surface area contributed by atoms with E-state index >= 15 is 0 Å². The normalized spacial score (nSPS) is 16.9. The SMILES string of the molecule is CNCC1CCN(C(=O)C(C)SCc2ccccc2)CC1.Cl. The summed E-state index contributed by atoms with van der Waals surface area (Å²) in [6, 6.07) is 10.4. The highest BCUT2D eigenvalue weighted by atomic mass is 35.5. The molecular weight excluding hydrogens is 316 g/mol. The quantitative estimate of drug-likeness (QED) is 0.861. The number of hydrogen-bond donors (Lipinski definition) is 1. The Balaban J connectivity index is 0.00000242. The predicted molar refractivity (Wildman–Crippen MR) is 97.7 cm³/mol. The first-order valence-electron chi connectivity index (χ1n) is 7.79. The van der Waals surface area contributed by atoms with E-state index in [9.17, 15) is 4.79 Å². The molecule has 0 radical (unpaired) electrons. The molecule has 1 aromatic carbocycles. The van der Waals surface area contributed by atoms with Crippen LogP contribution < -0.4 is 5.32 Å². The third-order valence-electron chi connectivity index (χ3n) is 4.11. The first-order chi connectivity index (χ1) is 10.2. The minimum Gasteiger partial charge on any atom is -0.342 e. The van der Waals surface area contributed by atoms with Crippen molar-refractivity contribution in [3.8, 4) is 0 Å². The first kappa shape index (κ1) is 19.3. The molecule has 0 spiro atoms. The molecule has 1 amide bonds. The fourth-order valence-corrected chi connectivity index (χ4v) is 3.70. The zero-order chi connectivity index (χ0) is 15.1. The van der Waals surface area contributed by atoms with E-state index < -0.39 is 0 Å². The highest BCUT2D eigenvalue weighted by molar-refractivity contribution is 7.99. The van der Waals surface area contributed by atoms with Gasteiger partial charge in [0, 0.05) is 18.8 Å². The van der Waals surface area contributed by atoms with Crippen LogP contribution in [0.15, 0.2) is 30.3 Å². The second-order valence-corrected chi connectivity index (χ2v) is 7.09. The molecule has 3 nitrogen and oxygen atoms in total. The Morgan fingerprint density at radius 1 is 1.32 bits per heavy atom. The molecule has 1 unspecified atom stereocenters. The number of rotatable bonds is 6. The second-order valence-electron chi connectivity index (χ2n) is 5.77. The largest absolute Gasteiger partial charge is 0.342 e. The third kappa shape index (κ3) is 5.82. The average Bonchev–Trinajstić information content (AvgIpc) is 2.54. The van der Waals surface area contributed by atoms with Crippen LogP contribution in [0.25, 0.3) is 0 Å². The van der Waals surface area contributed by atoms with Gasteiger partial charge in [0.15, 0.2) is 0 Å². The molecule has 0 bridgehead atoms. The summed E-state index contributed by atoms with van der Waals surface area (Å²) in [5.41, 5.74) is 1.29. The molecule has 1 aromatic rings.